The predicted octanol–water partition coefficient (Wildman–Crippen LogP) is 3.91. The van der Waals surface area contributed by atoms with Gasteiger partial charge >= 0.3 is 0 Å². The van der Waals surface area contributed by atoms with Crippen LogP contribution in [0.5, 0.6) is 0 Å². The van der Waals surface area contributed by atoms with Gasteiger partial charge in [-0.3, -0.25) is 4.72 Å². The van der Waals surface area contributed by atoms with Gasteiger partial charge in [-0.25, -0.2) is 13.4 Å². The van der Waals surface area contributed by atoms with Crippen molar-refractivity contribution in [2.75, 3.05) is 4.72 Å². The summed E-state index contributed by atoms with van der Waals surface area (Å²) < 4.78 is 29.5. The number of nitrogens with zero attached hydrogens (tertiary/aromatic N) is 2. The molecule has 0 spiro atoms. The molecule has 0 bridgehead atoms. The van der Waals surface area contributed by atoms with Crippen LogP contribution in [0.2, 0.25) is 0 Å². The van der Waals surface area contributed by atoms with Gasteiger partial charge in [-0.15, -0.1) is 0 Å². The molecule has 0 unspecified atom stereocenters. The van der Waals surface area contributed by atoms with Crippen LogP contribution in [0.15, 0.2) is 66.2 Å². The van der Waals surface area contributed by atoms with Crippen LogP contribution in [0.3, 0.4) is 0 Å². The van der Waals surface area contributed by atoms with Gasteiger partial charge in [0.25, 0.3) is 10.0 Å². The zero-order valence-electron chi connectivity index (χ0n) is 14.2. The predicted molar refractivity (Wildman–Crippen MR) is 104 cm³/mol. The van der Waals surface area contributed by atoms with Crippen molar-refractivity contribution in [1.82, 2.24) is 9.55 Å². The van der Waals surface area contributed by atoms with Crippen molar-refractivity contribution >= 4 is 21.8 Å². The van der Waals surface area contributed by atoms with E-state index in [1.54, 1.807) is 12.1 Å². The maximum absolute atomic E-state index is 12.3. The maximum atomic E-state index is 12.3. The molecule has 1 aromatic heterocycles. The minimum atomic E-state index is -3.58. The van der Waals surface area contributed by atoms with Crippen molar-refractivity contribution in [3.05, 3.63) is 77.6 Å². The van der Waals surface area contributed by atoms with Crippen LogP contribution >= 0.6 is 0 Å². The van der Waals surface area contributed by atoms with E-state index >= 15 is 0 Å². The van der Waals surface area contributed by atoms with E-state index in [-0.39, 0.29) is 0 Å². The van der Waals surface area contributed by atoms with E-state index in [1.165, 1.54) is 5.41 Å². The van der Waals surface area contributed by atoms with Gasteiger partial charge in [-0.05, 0) is 30.2 Å². The minimum Gasteiger partial charge on any atom is -0.328 e. The SMILES string of the molecule is O=S(=O)(C=Cc1ccccc1)Nc1cccc(-c2cnc3n2CCC3)c1. The molecular formula is C20H19N3O2S. The number of fused-ring (bicyclic) bond motifs is 1. The number of aryl methyl sites for hydroxylation is 1. The summed E-state index contributed by atoms with van der Waals surface area (Å²) in [5.41, 5.74) is 3.35. The number of rotatable bonds is 5. The van der Waals surface area contributed by atoms with Crippen LogP contribution in [0.1, 0.15) is 17.8 Å². The molecule has 6 heteroatoms. The molecule has 0 atom stereocenters. The van der Waals surface area contributed by atoms with E-state index in [1.807, 2.05) is 54.7 Å². The Labute approximate surface area is 153 Å². The summed E-state index contributed by atoms with van der Waals surface area (Å²) in [6.45, 7) is 0.959. The Morgan fingerprint density at radius 1 is 1.08 bits per heavy atom. The Hall–Kier alpha value is -2.86. The molecule has 0 amide bonds. The average Bonchev–Trinajstić information content (AvgIpc) is 3.24. The van der Waals surface area contributed by atoms with E-state index < -0.39 is 10.0 Å². The lowest BCUT2D eigenvalue weighted by Gasteiger charge is -2.09. The lowest BCUT2D eigenvalue weighted by molar-refractivity contribution is 0.609. The molecule has 132 valence electrons. The maximum Gasteiger partial charge on any atom is 0.255 e. The molecule has 4 rings (SSSR count). The molecule has 1 aliphatic rings. The third kappa shape index (κ3) is 3.55. The Balaban J connectivity index is 1.56. The molecule has 1 aliphatic heterocycles. The van der Waals surface area contributed by atoms with Crippen LogP contribution in [0, 0.1) is 0 Å². The summed E-state index contributed by atoms with van der Waals surface area (Å²) in [5, 5.41) is 1.19. The van der Waals surface area contributed by atoms with Gasteiger partial charge in [0, 0.05) is 24.2 Å². The van der Waals surface area contributed by atoms with Crippen molar-refractivity contribution in [1.29, 1.82) is 0 Å². The molecule has 5 nitrogen and oxygen atoms in total. The summed E-state index contributed by atoms with van der Waals surface area (Å²) in [7, 11) is -3.58. The van der Waals surface area contributed by atoms with Crippen molar-refractivity contribution < 1.29 is 8.42 Å². The largest absolute Gasteiger partial charge is 0.328 e. The smallest absolute Gasteiger partial charge is 0.255 e. The first kappa shape index (κ1) is 16.6. The van der Waals surface area contributed by atoms with Gasteiger partial charge in [-0.1, -0.05) is 42.5 Å². The Bertz CT molecular complexity index is 1050. The molecule has 0 aliphatic carbocycles. The van der Waals surface area contributed by atoms with Crippen LogP contribution in [0.4, 0.5) is 5.69 Å². The number of benzene rings is 2. The normalized spacial score (nSPS) is 13.8. The molecule has 2 aromatic carbocycles. The molecule has 0 saturated carbocycles. The van der Waals surface area contributed by atoms with Crippen molar-refractivity contribution in [3.63, 3.8) is 0 Å². The molecule has 2 heterocycles. The number of imidazole rings is 1. The van der Waals surface area contributed by atoms with E-state index in [9.17, 15) is 8.42 Å². The highest BCUT2D eigenvalue weighted by molar-refractivity contribution is 7.95. The van der Waals surface area contributed by atoms with Crippen LogP contribution in [0.25, 0.3) is 17.3 Å². The third-order valence-electron chi connectivity index (χ3n) is 4.38. The zero-order chi connectivity index (χ0) is 18.0. The van der Waals surface area contributed by atoms with Gasteiger partial charge in [0.2, 0.25) is 0 Å². The molecule has 0 saturated heterocycles. The first-order valence-corrected chi connectivity index (χ1v) is 10.1. The average molecular weight is 365 g/mol. The molecule has 3 aromatic rings. The van der Waals surface area contributed by atoms with Crippen molar-refractivity contribution in [2.24, 2.45) is 0 Å². The molecular weight excluding hydrogens is 346 g/mol. The van der Waals surface area contributed by atoms with Crippen LogP contribution in [-0.4, -0.2) is 18.0 Å². The van der Waals surface area contributed by atoms with Gasteiger partial charge in [0.15, 0.2) is 0 Å². The van der Waals surface area contributed by atoms with Crippen LogP contribution in [-0.2, 0) is 23.0 Å². The summed E-state index contributed by atoms with van der Waals surface area (Å²) in [5.74, 6) is 1.09. The minimum absolute atomic E-state index is 0.536. The number of hydrogen-bond acceptors (Lipinski definition) is 3. The molecule has 0 fully saturated rings. The van der Waals surface area contributed by atoms with Crippen molar-refractivity contribution in [2.45, 2.75) is 19.4 Å². The highest BCUT2D eigenvalue weighted by Crippen LogP contribution is 2.27. The second kappa shape index (κ2) is 6.80. The number of aromatic nitrogens is 2. The Kier molecular flexibility index (Phi) is 4.34. The third-order valence-corrected chi connectivity index (χ3v) is 5.39. The number of nitrogens with one attached hydrogen (secondary N) is 1. The summed E-state index contributed by atoms with van der Waals surface area (Å²) in [4.78, 5) is 4.45. The Morgan fingerprint density at radius 3 is 2.77 bits per heavy atom. The van der Waals surface area contributed by atoms with Gasteiger partial charge < -0.3 is 4.57 Å². The summed E-state index contributed by atoms with van der Waals surface area (Å²) in [6.07, 6.45) is 5.54. The lowest BCUT2D eigenvalue weighted by Crippen LogP contribution is -2.08. The van der Waals surface area contributed by atoms with Gasteiger partial charge in [0.05, 0.1) is 17.3 Å². The number of hydrogen-bond donors (Lipinski definition) is 1. The highest BCUT2D eigenvalue weighted by Gasteiger charge is 2.17. The quantitative estimate of drug-likeness (QED) is 0.746. The lowest BCUT2D eigenvalue weighted by atomic mass is 10.1. The first-order valence-electron chi connectivity index (χ1n) is 8.51. The summed E-state index contributed by atoms with van der Waals surface area (Å²) >= 11 is 0. The second-order valence-corrected chi connectivity index (χ2v) is 7.82. The fourth-order valence-corrected chi connectivity index (χ4v) is 4.02. The van der Waals surface area contributed by atoms with Crippen molar-refractivity contribution in [3.8, 4) is 11.3 Å². The van der Waals surface area contributed by atoms with Crippen LogP contribution < -0.4 is 4.72 Å². The zero-order valence-corrected chi connectivity index (χ0v) is 15.0. The van der Waals surface area contributed by atoms with E-state index in [0.717, 1.165) is 42.0 Å². The topological polar surface area (TPSA) is 64.0 Å². The first-order chi connectivity index (χ1) is 12.6. The standard InChI is InChI=1S/C20H19N3O2S/c24-26(25,13-11-16-6-2-1-3-7-16)22-18-9-4-8-17(14-18)19-15-21-20-10-5-12-23(19)20/h1-4,6-9,11,13-15,22H,5,10,12H2. The highest BCUT2D eigenvalue weighted by atomic mass is 32.2. The van der Waals surface area contributed by atoms with E-state index in [0.29, 0.717) is 5.69 Å². The van der Waals surface area contributed by atoms with E-state index in [2.05, 4.69) is 14.3 Å². The van der Waals surface area contributed by atoms with Gasteiger partial charge in [0.1, 0.15) is 5.82 Å². The monoisotopic (exact) mass is 365 g/mol. The molecule has 0 radical (unpaired) electrons. The number of anilines is 1. The number of sulfonamides is 1. The molecule has 26 heavy (non-hydrogen) atoms. The summed E-state index contributed by atoms with van der Waals surface area (Å²) in [6, 6.07) is 16.8. The second-order valence-electron chi connectivity index (χ2n) is 6.26. The van der Waals surface area contributed by atoms with E-state index in [4.69, 9.17) is 0 Å². The van der Waals surface area contributed by atoms with Gasteiger partial charge in [-0.2, -0.15) is 0 Å². The Morgan fingerprint density at radius 2 is 1.92 bits per heavy atom. The fourth-order valence-electron chi connectivity index (χ4n) is 3.16. The molecule has 1 N–H and O–H groups in total. The fraction of sp³-hybridized carbons (Fsp3) is 0.150.